The Morgan fingerprint density at radius 3 is 2.05 bits per heavy atom. The fraction of sp³-hybridized carbons (Fsp3) is 0.368. The van der Waals surface area contributed by atoms with E-state index in [1.165, 1.54) is 5.56 Å². The third-order valence-corrected chi connectivity index (χ3v) is 4.20. The summed E-state index contributed by atoms with van der Waals surface area (Å²) in [6.07, 6.45) is 2.78. The van der Waals surface area contributed by atoms with Crippen molar-refractivity contribution in [3.63, 3.8) is 0 Å². The van der Waals surface area contributed by atoms with Crippen LogP contribution in [0.4, 0.5) is 0 Å². The highest BCUT2D eigenvalue weighted by atomic mass is 16.3. The molecule has 1 N–H and O–H groups in total. The number of hydrogen-bond acceptors (Lipinski definition) is 1. The molecule has 0 bridgehead atoms. The molecule has 20 heavy (non-hydrogen) atoms. The molecule has 0 amide bonds. The van der Waals surface area contributed by atoms with Crippen molar-refractivity contribution >= 4 is 0 Å². The predicted molar refractivity (Wildman–Crippen MR) is 84.7 cm³/mol. The Balaban J connectivity index is 2.36. The lowest BCUT2D eigenvalue weighted by Crippen LogP contribution is -2.30. The van der Waals surface area contributed by atoms with Gasteiger partial charge in [-0.25, -0.2) is 0 Å². The van der Waals surface area contributed by atoms with Crippen molar-refractivity contribution in [3.8, 4) is 0 Å². The van der Waals surface area contributed by atoms with Crippen LogP contribution in [0.25, 0.3) is 0 Å². The zero-order chi connectivity index (χ0) is 14.4. The Labute approximate surface area is 122 Å². The molecule has 0 spiro atoms. The zero-order valence-corrected chi connectivity index (χ0v) is 12.4. The molecule has 0 heterocycles. The Bertz CT molecular complexity index is 506. The first kappa shape index (κ1) is 14.8. The van der Waals surface area contributed by atoms with Crippen LogP contribution in [-0.4, -0.2) is 5.11 Å². The second-order valence-electron chi connectivity index (χ2n) is 5.70. The van der Waals surface area contributed by atoms with E-state index in [1.54, 1.807) is 0 Å². The van der Waals surface area contributed by atoms with Gasteiger partial charge in [0.25, 0.3) is 0 Å². The van der Waals surface area contributed by atoms with Gasteiger partial charge in [0.1, 0.15) is 0 Å². The number of hydrogen-bond donors (Lipinski definition) is 1. The van der Waals surface area contributed by atoms with Gasteiger partial charge in [-0.1, -0.05) is 87.4 Å². The highest BCUT2D eigenvalue weighted by Crippen LogP contribution is 2.41. The molecule has 0 aromatic heterocycles. The average Bonchev–Trinajstić information content (AvgIpc) is 2.53. The van der Waals surface area contributed by atoms with Gasteiger partial charge in [-0.15, -0.1) is 0 Å². The number of benzene rings is 2. The van der Waals surface area contributed by atoms with Crippen molar-refractivity contribution < 1.29 is 5.11 Å². The van der Waals surface area contributed by atoms with Gasteiger partial charge in [0, 0.05) is 5.41 Å². The molecule has 0 aliphatic heterocycles. The first-order valence-electron chi connectivity index (χ1n) is 7.47. The van der Waals surface area contributed by atoms with Gasteiger partial charge in [0.15, 0.2) is 0 Å². The van der Waals surface area contributed by atoms with Gasteiger partial charge in [0.2, 0.25) is 0 Å². The van der Waals surface area contributed by atoms with E-state index in [2.05, 4.69) is 38.1 Å². The molecule has 0 radical (unpaired) electrons. The minimum atomic E-state index is -0.474. The molecule has 0 aliphatic rings. The fourth-order valence-electron chi connectivity index (χ4n) is 2.81. The summed E-state index contributed by atoms with van der Waals surface area (Å²) in [7, 11) is 0. The fourth-order valence-corrected chi connectivity index (χ4v) is 2.81. The van der Waals surface area contributed by atoms with Crippen molar-refractivity contribution in [2.45, 2.75) is 44.6 Å². The molecule has 2 aromatic rings. The molecule has 1 nitrogen and oxygen atoms in total. The monoisotopic (exact) mass is 268 g/mol. The van der Waals surface area contributed by atoms with Gasteiger partial charge < -0.3 is 5.11 Å². The minimum Gasteiger partial charge on any atom is -0.387 e. The van der Waals surface area contributed by atoms with Gasteiger partial charge >= 0.3 is 0 Å². The summed E-state index contributed by atoms with van der Waals surface area (Å²) in [5.41, 5.74) is 1.97. The van der Waals surface area contributed by atoms with Crippen molar-refractivity contribution in [1.29, 1.82) is 0 Å². The van der Waals surface area contributed by atoms with E-state index in [4.69, 9.17) is 0 Å². The maximum atomic E-state index is 10.9. The highest BCUT2D eigenvalue weighted by molar-refractivity contribution is 5.31. The van der Waals surface area contributed by atoms with Crippen LogP contribution in [-0.2, 0) is 5.41 Å². The van der Waals surface area contributed by atoms with Gasteiger partial charge in [-0.3, -0.25) is 0 Å². The molecule has 2 unspecified atom stereocenters. The van der Waals surface area contributed by atoms with Crippen LogP contribution in [0, 0.1) is 0 Å². The second kappa shape index (κ2) is 6.71. The number of rotatable bonds is 6. The smallest absolute Gasteiger partial charge is 0.0883 e. The Morgan fingerprint density at radius 2 is 1.50 bits per heavy atom. The summed E-state index contributed by atoms with van der Waals surface area (Å²) < 4.78 is 0. The van der Waals surface area contributed by atoms with E-state index >= 15 is 0 Å². The number of aliphatic hydroxyl groups is 1. The molecule has 0 fully saturated rings. The van der Waals surface area contributed by atoms with Gasteiger partial charge in [0.05, 0.1) is 6.10 Å². The average molecular weight is 268 g/mol. The van der Waals surface area contributed by atoms with E-state index in [1.807, 2.05) is 36.4 Å². The van der Waals surface area contributed by atoms with Crippen molar-refractivity contribution in [3.05, 3.63) is 71.8 Å². The molecule has 2 rings (SSSR count). The predicted octanol–water partition coefficient (Wildman–Crippen LogP) is 4.87. The number of aliphatic hydroxyl groups excluding tert-OH is 1. The van der Waals surface area contributed by atoms with Crippen molar-refractivity contribution in [2.75, 3.05) is 0 Å². The van der Waals surface area contributed by atoms with E-state index in [9.17, 15) is 5.11 Å². The van der Waals surface area contributed by atoms with Gasteiger partial charge in [-0.2, -0.15) is 0 Å². The quantitative estimate of drug-likeness (QED) is 0.792. The van der Waals surface area contributed by atoms with Crippen LogP contribution in [0.2, 0.25) is 0 Å². The van der Waals surface area contributed by atoms with E-state index in [-0.39, 0.29) is 5.41 Å². The molecule has 0 saturated carbocycles. The second-order valence-corrected chi connectivity index (χ2v) is 5.70. The molecule has 2 aromatic carbocycles. The van der Waals surface area contributed by atoms with Crippen LogP contribution in [0.1, 0.15) is 50.3 Å². The van der Waals surface area contributed by atoms with Crippen LogP contribution in [0.15, 0.2) is 60.7 Å². The summed E-state index contributed by atoms with van der Waals surface area (Å²) in [4.78, 5) is 0. The lowest BCUT2D eigenvalue weighted by atomic mass is 9.71. The van der Waals surface area contributed by atoms with Crippen LogP contribution < -0.4 is 0 Å². The first-order valence-corrected chi connectivity index (χ1v) is 7.47. The van der Waals surface area contributed by atoms with Crippen LogP contribution >= 0.6 is 0 Å². The molecule has 2 atom stereocenters. The standard InChI is InChI=1S/C19H24O/c1-3-4-15-19(2,17-13-9-6-10-14-17)18(20)16-11-7-5-8-12-16/h5-14,18,20H,3-4,15H2,1-2H3. The molecule has 106 valence electrons. The lowest BCUT2D eigenvalue weighted by Gasteiger charge is -2.35. The Kier molecular flexibility index (Phi) is 4.97. The highest BCUT2D eigenvalue weighted by Gasteiger charge is 2.35. The van der Waals surface area contributed by atoms with E-state index < -0.39 is 6.10 Å². The summed E-state index contributed by atoms with van der Waals surface area (Å²) in [6, 6.07) is 20.4. The third-order valence-electron chi connectivity index (χ3n) is 4.20. The topological polar surface area (TPSA) is 20.2 Å². The third kappa shape index (κ3) is 3.10. The summed E-state index contributed by atoms with van der Waals surface area (Å²) in [6.45, 7) is 4.37. The maximum Gasteiger partial charge on any atom is 0.0883 e. The van der Waals surface area contributed by atoms with E-state index in [0.717, 1.165) is 24.8 Å². The van der Waals surface area contributed by atoms with Crippen LogP contribution in [0.3, 0.4) is 0 Å². The molecule has 0 aliphatic carbocycles. The normalized spacial score (nSPS) is 15.6. The molecular formula is C19H24O. The van der Waals surface area contributed by atoms with E-state index in [0.29, 0.717) is 0 Å². The first-order chi connectivity index (χ1) is 9.68. The molecule has 0 saturated heterocycles. The number of unbranched alkanes of at least 4 members (excludes halogenated alkanes) is 1. The van der Waals surface area contributed by atoms with Crippen molar-refractivity contribution in [1.82, 2.24) is 0 Å². The van der Waals surface area contributed by atoms with Gasteiger partial charge in [-0.05, 0) is 17.5 Å². The lowest BCUT2D eigenvalue weighted by molar-refractivity contribution is 0.0823. The maximum absolute atomic E-state index is 10.9. The van der Waals surface area contributed by atoms with Crippen molar-refractivity contribution in [2.24, 2.45) is 0 Å². The Morgan fingerprint density at radius 1 is 0.950 bits per heavy atom. The summed E-state index contributed by atoms with van der Waals surface area (Å²) in [5.74, 6) is 0. The minimum absolute atomic E-state index is 0.237. The summed E-state index contributed by atoms with van der Waals surface area (Å²) in [5, 5.41) is 10.9. The molecule has 1 heteroatoms. The largest absolute Gasteiger partial charge is 0.387 e. The van der Waals surface area contributed by atoms with Crippen LogP contribution in [0.5, 0.6) is 0 Å². The Hall–Kier alpha value is -1.60. The zero-order valence-electron chi connectivity index (χ0n) is 12.4. The molecular weight excluding hydrogens is 244 g/mol. The SMILES string of the molecule is CCCCC(C)(c1ccccc1)C(O)c1ccccc1. The summed E-state index contributed by atoms with van der Waals surface area (Å²) >= 11 is 0.